The largest absolute Gasteiger partial charge is 0.462 e. The van der Waals surface area contributed by atoms with E-state index < -0.39 is 11.9 Å². The number of fused-ring (bicyclic) bond motifs is 8. The molecule has 3 aromatic rings. The lowest BCUT2D eigenvalue weighted by molar-refractivity contribution is 0.0518. The number of carbonyl (C=O) groups is 2. The molecule has 5 rings (SSSR count). The Kier molecular flexibility index (Phi) is 7.17. The van der Waals surface area contributed by atoms with Crippen LogP contribution in [0.25, 0.3) is 46.4 Å². The first-order chi connectivity index (χ1) is 19.2. The lowest BCUT2D eigenvalue weighted by Crippen LogP contribution is -2.12. The number of anilines is 2. The van der Waals surface area contributed by atoms with Gasteiger partial charge in [-0.1, -0.05) is 0 Å². The molecular formula is C30H32N6O4. The van der Waals surface area contributed by atoms with Crippen molar-refractivity contribution in [1.82, 2.24) is 19.9 Å². The van der Waals surface area contributed by atoms with Crippen LogP contribution in [-0.2, 0) is 9.47 Å². The average Bonchev–Trinajstić information content (AvgIpc) is 3.70. The quantitative estimate of drug-likeness (QED) is 0.284. The molecule has 0 spiro atoms. The van der Waals surface area contributed by atoms with Gasteiger partial charge < -0.3 is 29.2 Å². The van der Waals surface area contributed by atoms with E-state index in [4.69, 9.17) is 19.4 Å². The van der Waals surface area contributed by atoms with Gasteiger partial charge >= 0.3 is 11.9 Å². The maximum atomic E-state index is 13.2. The second-order valence-electron chi connectivity index (χ2n) is 9.68. The number of nitrogens with zero attached hydrogens (tertiary/aromatic N) is 4. The molecule has 10 nitrogen and oxygen atoms in total. The van der Waals surface area contributed by atoms with Gasteiger partial charge in [0.2, 0.25) is 0 Å². The first-order valence-electron chi connectivity index (χ1n) is 13.1. The number of nitrogens with one attached hydrogen (secondary N) is 2. The first kappa shape index (κ1) is 26.7. The molecule has 5 heterocycles. The van der Waals surface area contributed by atoms with E-state index in [1.807, 2.05) is 74.4 Å². The molecule has 0 radical (unpaired) electrons. The van der Waals surface area contributed by atoms with Gasteiger partial charge in [0.15, 0.2) is 0 Å². The number of carbonyl (C=O) groups excluding carboxylic acids is 2. The smallest absolute Gasteiger partial charge is 0.342 e. The van der Waals surface area contributed by atoms with E-state index in [0.717, 1.165) is 22.4 Å². The van der Waals surface area contributed by atoms with Crippen molar-refractivity contribution in [3.63, 3.8) is 0 Å². The van der Waals surface area contributed by atoms with Crippen molar-refractivity contribution >= 4 is 69.7 Å². The summed E-state index contributed by atoms with van der Waals surface area (Å²) in [6.45, 7) is 4.02. The Hall–Kier alpha value is -4.86. The summed E-state index contributed by atoms with van der Waals surface area (Å²) in [5.41, 5.74) is 7.14. The Morgan fingerprint density at radius 1 is 0.625 bits per heavy atom. The van der Waals surface area contributed by atoms with Crippen molar-refractivity contribution in [3.8, 4) is 0 Å². The number of aromatic nitrogens is 4. The summed E-state index contributed by atoms with van der Waals surface area (Å²) < 4.78 is 10.9. The predicted octanol–water partition coefficient (Wildman–Crippen LogP) is 5.14. The Balaban J connectivity index is 2.00. The molecule has 10 heteroatoms. The molecule has 2 N–H and O–H groups in total. The average molecular weight is 541 g/mol. The Labute approximate surface area is 232 Å². The summed E-state index contributed by atoms with van der Waals surface area (Å²) >= 11 is 0. The summed E-state index contributed by atoms with van der Waals surface area (Å²) in [5.74, 6) is -0.937. The van der Waals surface area contributed by atoms with Gasteiger partial charge in [-0.05, 0) is 62.4 Å². The van der Waals surface area contributed by atoms with Gasteiger partial charge in [-0.2, -0.15) is 0 Å². The minimum atomic E-state index is -0.468. The number of H-pyrrole nitrogens is 2. The summed E-state index contributed by atoms with van der Waals surface area (Å²) in [7, 11) is 7.65. The molecule has 206 valence electrons. The van der Waals surface area contributed by atoms with Crippen LogP contribution in [0.1, 0.15) is 57.3 Å². The van der Waals surface area contributed by atoms with Crippen molar-refractivity contribution in [2.75, 3.05) is 51.2 Å². The Bertz CT molecular complexity index is 1610. The molecule has 0 aromatic carbocycles. The van der Waals surface area contributed by atoms with Crippen LogP contribution < -0.4 is 9.80 Å². The molecular weight excluding hydrogens is 508 g/mol. The van der Waals surface area contributed by atoms with E-state index in [2.05, 4.69) is 9.97 Å². The fraction of sp³-hybridized carbons (Fsp3) is 0.267. The van der Waals surface area contributed by atoms with Crippen LogP contribution in [0.5, 0.6) is 0 Å². The third-order valence-corrected chi connectivity index (χ3v) is 6.55. The highest BCUT2D eigenvalue weighted by molar-refractivity contribution is 6.05. The van der Waals surface area contributed by atoms with Crippen molar-refractivity contribution in [2.24, 2.45) is 0 Å². The monoisotopic (exact) mass is 540 g/mol. The molecule has 3 aromatic heterocycles. The van der Waals surface area contributed by atoms with E-state index in [1.54, 1.807) is 26.0 Å². The zero-order valence-corrected chi connectivity index (χ0v) is 23.5. The molecule has 0 saturated carbocycles. The van der Waals surface area contributed by atoms with Gasteiger partial charge in [-0.3, -0.25) is 0 Å². The number of rotatable bonds is 6. The molecule has 0 aliphatic carbocycles. The van der Waals surface area contributed by atoms with Gasteiger partial charge in [-0.15, -0.1) is 0 Å². The third-order valence-electron chi connectivity index (χ3n) is 6.55. The fourth-order valence-corrected chi connectivity index (χ4v) is 4.95. The number of hydrogen-bond donors (Lipinski definition) is 2. The SMILES string of the molecule is CCOC(=O)c1c2nc(c(N(C)C)c3nc(c(C(=O)OCC)c4ccc([nH]4)c(N(C)C)c4ccc1[nH]4)C=C3)C=C2. The van der Waals surface area contributed by atoms with Crippen molar-refractivity contribution < 1.29 is 19.1 Å². The second kappa shape index (κ2) is 10.7. The standard InChI is InChI=1S/C30H32N6O4/c1-7-39-29(37)25-17-9-13-21(31-17)27(35(3)4)23-15-11-19(33-23)26(30(38)40-8-2)20-12-16-24(34-20)28(36(5)6)22-14-10-18(25)32-22/h9-16,31,33H,7-8H2,1-6H3. The zero-order chi connectivity index (χ0) is 28.6. The number of esters is 2. The highest BCUT2D eigenvalue weighted by atomic mass is 16.5. The maximum Gasteiger partial charge on any atom is 0.342 e. The van der Waals surface area contributed by atoms with Crippen LogP contribution in [0.15, 0.2) is 24.3 Å². The van der Waals surface area contributed by atoms with Crippen molar-refractivity contribution in [1.29, 1.82) is 0 Å². The molecule has 0 unspecified atom stereocenters. The summed E-state index contributed by atoms with van der Waals surface area (Å²) in [4.78, 5) is 46.8. The normalized spacial score (nSPS) is 11.9. The molecule has 8 bridgehead atoms. The van der Waals surface area contributed by atoms with E-state index in [1.165, 1.54) is 0 Å². The maximum absolute atomic E-state index is 13.2. The minimum absolute atomic E-state index is 0.234. The Morgan fingerprint density at radius 3 is 1.38 bits per heavy atom. The lowest BCUT2D eigenvalue weighted by Gasteiger charge is -2.14. The fourth-order valence-electron chi connectivity index (χ4n) is 4.95. The molecule has 0 amide bonds. The van der Waals surface area contributed by atoms with Gasteiger partial charge in [0.05, 0.1) is 69.4 Å². The highest BCUT2D eigenvalue weighted by Crippen LogP contribution is 2.32. The van der Waals surface area contributed by atoms with Gasteiger partial charge in [0, 0.05) is 28.2 Å². The third kappa shape index (κ3) is 4.72. The summed E-state index contributed by atoms with van der Waals surface area (Å²) in [6.07, 6.45) is 7.31. The summed E-state index contributed by atoms with van der Waals surface area (Å²) in [5, 5.41) is 0. The van der Waals surface area contributed by atoms with Crippen LogP contribution in [0.2, 0.25) is 0 Å². The topological polar surface area (TPSA) is 116 Å². The number of hydrogen-bond acceptors (Lipinski definition) is 8. The van der Waals surface area contributed by atoms with Crippen LogP contribution in [0, 0.1) is 0 Å². The van der Waals surface area contributed by atoms with E-state index >= 15 is 0 Å². The van der Waals surface area contributed by atoms with Crippen molar-refractivity contribution in [2.45, 2.75) is 13.8 Å². The zero-order valence-electron chi connectivity index (χ0n) is 23.5. The van der Waals surface area contributed by atoms with Crippen LogP contribution in [0.4, 0.5) is 11.4 Å². The highest BCUT2D eigenvalue weighted by Gasteiger charge is 2.22. The second-order valence-corrected chi connectivity index (χ2v) is 9.68. The minimum Gasteiger partial charge on any atom is -0.462 e. The van der Waals surface area contributed by atoms with Gasteiger partial charge in [0.25, 0.3) is 0 Å². The van der Waals surface area contributed by atoms with E-state index in [-0.39, 0.29) is 13.2 Å². The molecule has 0 atom stereocenters. The first-order valence-corrected chi connectivity index (χ1v) is 13.1. The van der Waals surface area contributed by atoms with E-state index in [9.17, 15) is 9.59 Å². The van der Waals surface area contributed by atoms with Crippen LogP contribution in [0.3, 0.4) is 0 Å². The lowest BCUT2D eigenvalue weighted by atomic mass is 10.2. The molecule has 2 aliphatic heterocycles. The van der Waals surface area contributed by atoms with Crippen LogP contribution in [-0.4, -0.2) is 73.3 Å². The molecule has 2 aliphatic rings. The molecule has 40 heavy (non-hydrogen) atoms. The molecule has 0 saturated heterocycles. The van der Waals surface area contributed by atoms with E-state index in [0.29, 0.717) is 44.9 Å². The predicted molar refractivity (Wildman–Crippen MR) is 159 cm³/mol. The molecule has 0 fully saturated rings. The van der Waals surface area contributed by atoms with Gasteiger partial charge in [0.1, 0.15) is 11.1 Å². The van der Waals surface area contributed by atoms with Gasteiger partial charge in [-0.25, -0.2) is 19.6 Å². The number of ether oxygens (including phenoxy) is 2. The van der Waals surface area contributed by atoms with Crippen LogP contribution >= 0.6 is 0 Å². The Morgan fingerprint density at radius 2 is 1.00 bits per heavy atom. The van der Waals surface area contributed by atoms with Crippen molar-refractivity contribution in [3.05, 3.63) is 58.2 Å². The number of aromatic amines is 2. The summed E-state index contributed by atoms with van der Waals surface area (Å²) in [6, 6.07) is 7.51.